The van der Waals surface area contributed by atoms with Gasteiger partial charge in [0.1, 0.15) is 12.4 Å². The quantitative estimate of drug-likeness (QED) is 0.351. The Bertz CT molecular complexity index is 1650. The number of primary amides is 1. The van der Waals surface area contributed by atoms with E-state index in [-0.39, 0.29) is 24.3 Å². The summed E-state index contributed by atoms with van der Waals surface area (Å²) in [6.45, 7) is 3.45. The zero-order valence-corrected chi connectivity index (χ0v) is 22.1. The van der Waals surface area contributed by atoms with Crippen LogP contribution in [-0.4, -0.2) is 39.5 Å². The van der Waals surface area contributed by atoms with E-state index in [0.717, 1.165) is 45.4 Å². The molecular formula is C30H30N4O6. The summed E-state index contributed by atoms with van der Waals surface area (Å²) in [5, 5.41) is 0. The maximum atomic E-state index is 13.1. The zero-order chi connectivity index (χ0) is 28.2. The van der Waals surface area contributed by atoms with Gasteiger partial charge in [0, 0.05) is 18.7 Å². The Labute approximate surface area is 230 Å². The van der Waals surface area contributed by atoms with Gasteiger partial charge in [-0.15, -0.1) is 4.74 Å². The smallest absolute Gasteiger partial charge is 0.440 e. The molecule has 0 aliphatic carbocycles. The summed E-state index contributed by atoms with van der Waals surface area (Å²) in [6, 6.07) is 20.9. The van der Waals surface area contributed by atoms with Crippen LogP contribution in [0.5, 0.6) is 5.75 Å². The lowest BCUT2D eigenvalue weighted by Crippen LogP contribution is -2.44. The van der Waals surface area contributed by atoms with Crippen molar-refractivity contribution in [1.29, 1.82) is 0 Å². The average molecular weight is 543 g/mol. The summed E-state index contributed by atoms with van der Waals surface area (Å²) < 4.78 is 11.7. The van der Waals surface area contributed by atoms with E-state index in [2.05, 4.69) is 11.1 Å². The molecule has 0 spiro atoms. The maximum absolute atomic E-state index is 13.1. The normalized spacial score (nSPS) is 15.1. The molecular weight excluding hydrogens is 512 g/mol. The minimum Gasteiger partial charge on any atom is -0.489 e. The summed E-state index contributed by atoms with van der Waals surface area (Å²) >= 11 is 0. The average Bonchev–Trinajstić information content (AvgIpc) is 3.28. The zero-order valence-electron chi connectivity index (χ0n) is 22.1. The Morgan fingerprint density at radius 2 is 1.85 bits per heavy atom. The number of aromatic amines is 1. The van der Waals surface area contributed by atoms with Crippen molar-refractivity contribution in [2.45, 2.75) is 32.9 Å². The van der Waals surface area contributed by atoms with Crippen LogP contribution in [0.1, 0.15) is 39.9 Å². The number of rotatable bonds is 8. The molecule has 4 aromatic rings. The predicted molar refractivity (Wildman–Crippen MR) is 148 cm³/mol. The Morgan fingerprint density at radius 1 is 1.05 bits per heavy atom. The molecule has 1 fully saturated rings. The molecule has 2 heterocycles. The van der Waals surface area contributed by atoms with Gasteiger partial charge in [0.2, 0.25) is 5.91 Å². The van der Waals surface area contributed by atoms with E-state index in [0.29, 0.717) is 31.0 Å². The van der Waals surface area contributed by atoms with Gasteiger partial charge in [-0.25, -0.2) is 14.6 Å². The van der Waals surface area contributed by atoms with E-state index in [4.69, 9.17) is 15.0 Å². The molecule has 0 radical (unpaired) electrons. The number of amides is 2. The van der Waals surface area contributed by atoms with Gasteiger partial charge < -0.3 is 19.9 Å². The topological polar surface area (TPSA) is 141 Å². The van der Waals surface area contributed by atoms with Gasteiger partial charge in [0.05, 0.1) is 12.5 Å². The third-order valence-corrected chi connectivity index (χ3v) is 7.11. The standard InChI is InChI=1S/C30H30N4O6/c1-19-14-23(28(36)33-13-3-6-24(17-33)27(31)35)9-12-26(19)22-5-2-4-21(15-22)18-39-25-10-7-20(8-11-25)16-34-29(37)32-30(38)40-34/h2,4-5,7-12,14-15,24H,3,6,13,16-18H2,1H3,(H2,31,35)(H,32,37,38). The molecule has 1 saturated heterocycles. The van der Waals surface area contributed by atoms with Gasteiger partial charge in [-0.1, -0.05) is 36.4 Å². The molecule has 0 bridgehead atoms. The number of benzene rings is 3. The summed E-state index contributed by atoms with van der Waals surface area (Å²) in [4.78, 5) is 51.2. The molecule has 3 N–H and O–H groups in total. The van der Waals surface area contributed by atoms with Crippen LogP contribution in [0.3, 0.4) is 0 Å². The molecule has 5 rings (SSSR count). The highest BCUT2D eigenvalue weighted by Gasteiger charge is 2.27. The first-order valence-electron chi connectivity index (χ1n) is 13.1. The van der Waals surface area contributed by atoms with Crippen molar-refractivity contribution >= 4 is 11.8 Å². The Morgan fingerprint density at radius 3 is 2.55 bits per heavy atom. The lowest BCUT2D eigenvalue weighted by Gasteiger charge is -2.31. The monoisotopic (exact) mass is 542 g/mol. The fraction of sp³-hybridized carbons (Fsp3) is 0.267. The lowest BCUT2D eigenvalue weighted by atomic mass is 9.95. The fourth-order valence-electron chi connectivity index (χ4n) is 4.97. The number of hydrogen-bond donors (Lipinski definition) is 2. The first-order chi connectivity index (χ1) is 19.3. The van der Waals surface area contributed by atoms with E-state index < -0.39 is 11.4 Å². The summed E-state index contributed by atoms with van der Waals surface area (Å²) in [5.74, 6) is -0.859. The SMILES string of the molecule is Cc1cc(C(=O)N2CCCC(C(N)=O)C2)ccc1-c1cccc(COc2ccc(Cn3oc(=O)[nH]c3=O)cc2)c1. The number of nitrogens with zero attached hydrogens (tertiary/aromatic N) is 2. The van der Waals surface area contributed by atoms with Crippen molar-refractivity contribution in [3.05, 3.63) is 110 Å². The van der Waals surface area contributed by atoms with Crippen LogP contribution in [0.25, 0.3) is 11.1 Å². The van der Waals surface area contributed by atoms with Crippen LogP contribution < -0.4 is 21.9 Å². The molecule has 1 atom stereocenters. The largest absolute Gasteiger partial charge is 0.489 e. The molecule has 1 unspecified atom stereocenters. The molecule has 1 aliphatic heterocycles. The number of piperidine rings is 1. The molecule has 1 aromatic heterocycles. The van der Waals surface area contributed by atoms with E-state index in [1.807, 2.05) is 43.3 Å². The number of carbonyl (C=O) groups excluding carboxylic acids is 2. The molecule has 1 aliphatic rings. The number of hydrogen-bond acceptors (Lipinski definition) is 6. The highest BCUT2D eigenvalue weighted by Crippen LogP contribution is 2.27. The first-order valence-corrected chi connectivity index (χ1v) is 13.1. The van der Waals surface area contributed by atoms with E-state index >= 15 is 0 Å². The van der Waals surface area contributed by atoms with Crippen molar-refractivity contribution in [2.75, 3.05) is 13.1 Å². The minimum absolute atomic E-state index is 0.0847. The number of nitrogens with one attached hydrogen (secondary N) is 1. The van der Waals surface area contributed by atoms with Crippen LogP contribution in [-0.2, 0) is 17.9 Å². The van der Waals surface area contributed by atoms with E-state index in [9.17, 15) is 19.2 Å². The summed E-state index contributed by atoms with van der Waals surface area (Å²) in [6.07, 6.45) is 1.49. The van der Waals surface area contributed by atoms with Crippen LogP contribution in [0.4, 0.5) is 0 Å². The summed E-state index contributed by atoms with van der Waals surface area (Å²) in [7, 11) is 0. The number of aryl methyl sites for hydroxylation is 1. The lowest BCUT2D eigenvalue weighted by molar-refractivity contribution is -0.123. The van der Waals surface area contributed by atoms with Crippen molar-refractivity contribution in [2.24, 2.45) is 11.7 Å². The number of carbonyl (C=O) groups is 2. The van der Waals surface area contributed by atoms with Crippen LogP contribution in [0, 0.1) is 12.8 Å². The predicted octanol–water partition coefficient (Wildman–Crippen LogP) is 3.07. The third kappa shape index (κ3) is 6.06. The minimum atomic E-state index is -0.788. The van der Waals surface area contributed by atoms with Crippen LogP contribution in [0.2, 0.25) is 0 Å². The van der Waals surface area contributed by atoms with Gasteiger partial charge in [-0.05, 0) is 77.9 Å². The van der Waals surface area contributed by atoms with Crippen molar-refractivity contribution in [3.8, 4) is 16.9 Å². The highest BCUT2D eigenvalue weighted by molar-refractivity contribution is 5.95. The summed E-state index contributed by atoms with van der Waals surface area (Å²) in [5.41, 5.74) is 10.2. The van der Waals surface area contributed by atoms with E-state index in [1.54, 1.807) is 29.2 Å². The Balaban J connectivity index is 1.23. The molecule has 0 saturated carbocycles. The number of aromatic nitrogens is 2. The second-order valence-corrected chi connectivity index (χ2v) is 10.0. The van der Waals surface area contributed by atoms with E-state index in [1.165, 1.54) is 0 Å². The van der Waals surface area contributed by atoms with Gasteiger partial charge in [0.15, 0.2) is 0 Å². The van der Waals surface area contributed by atoms with Gasteiger partial charge in [0.25, 0.3) is 5.91 Å². The Kier molecular flexibility index (Phi) is 7.68. The van der Waals surface area contributed by atoms with Crippen LogP contribution >= 0.6 is 0 Å². The molecule has 206 valence electrons. The van der Waals surface area contributed by atoms with Gasteiger partial charge >= 0.3 is 11.4 Å². The molecule has 2 amide bonds. The fourth-order valence-corrected chi connectivity index (χ4v) is 4.97. The Hall–Kier alpha value is -4.86. The third-order valence-electron chi connectivity index (χ3n) is 7.11. The number of ether oxygens (including phenoxy) is 1. The molecule has 10 heteroatoms. The molecule has 10 nitrogen and oxygen atoms in total. The van der Waals surface area contributed by atoms with Crippen molar-refractivity contribution in [3.63, 3.8) is 0 Å². The first kappa shape index (κ1) is 26.7. The van der Waals surface area contributed by atoms with Crippen molar-refractivity contribution in [1.82, 2.24) is 14.6 Å². The second kappa shape index (κ2) is 11.5. The molecule has 40 heavy (non-hydrogen) atoms. The van der Waals surface area contributed by atoms with Gasteiger partial charge in [-0.2, -0.15) is 0 Å². The molecule has 3 aromatic carbocycles. The van der Waals surface area contributed by atoms with Crippen LogP contribution in [0.15, 0.2) is 80.8 Å². The second-order valence-electron chi connectivity index (χ2n) is 10.0. The maximum Gasteiger partial charge on any atom is 0.440 e. The van der Waals surface area contributed by atoms with Gasteiger partial charge in [-0.3, -0.25) is 9.59 Å². The highest BCUT2D eigenvalue weighted by atomic mass is 16.5. The van der Waals surface area contributed by atoms with Crippen molar-refractivity contribution < 1.29 is 18.8 Å². The number of likely N-dealkylation sites (tertiary alicyclic amines) is 1. The number of nitrogens with two attached hydrogens (primary N) is 1. The number of H-pyrrole nitrogens is 1.